The molecule has 1 aromatic heterocycles. The number of likely N-dealkylation sites (N-methyl/N-ethyl adjacent to an activating group) is 1. The number of amides is 3. The van der Waals surface area contributed by atoms with Crippen LogP contribution in [0.2, 0.25) is 0 Å². The fraction of sp³-hybridized carbons (Fsp3) is 0.294. The molecule has 3 heterocycles. The lowest BCUT2D eigenvalue weighted by atomic mass is 10.1. The molecule has 1 aromatic carbocycles. The fourth-order valence-electron chi connectivity index (χ4n) is 3.28. The molecule has 0 saturated carbocycles. The highest BCUT2D eigenvalue weighted by molar-refractivity contribution is 6.19. The molecular formula is C17H17FN5O2+. The molecule has 1 unspecified atom stereocenters. The highest BCUT2D eigenvalue weighted by Crippen LogP contribution is 2.29. The number of H-pyrrole nitrogens is 1. The first-order chi connectivity index (χ1) is 11.9. The van der Waals surface area contributed by atoms with Gasteiger partial charge in [0.15, 0.2) is 0 Å². The maximum Gasteiger partial charge on any atom is 0.399 e. The fourth-order valence-corrected chi connectivity index (χ4v) is 3.28. The largest absolute Gasteiger partial charge is 0.399 e. The van der Waals surface area contributed by atoms with Crippen LogP contribution < -0.4 is 4.57 Å². The second-order valence-corrected chi connectivity index (χ2v) is 6.26. The SMILES string of the molecule is Cc1[nH]c2[n+](c1C)C1C(=O)N(Cc3ccccc3F)C(=O)N(C)C1=N2. The van der Waals surface area contributed by atoms with Crippen LogP contribution in [0.1, 0.15) is 23.0 Å². The Morgan fingerprint density at radius 1 is 1.28 bits per heavy atom. The Kier molecular flexibility index (Phi) is 3.24. The molecule has 1 saturated heterocycles. The normalized spacial score (nSPS) is 19.2. The number of nitrogens with zero attached hydrogens (tertiary/aromatic N) is 4. The van der Waals surface area contributed by atoms with Crippen LogP contribution in [0.3, 0.4) is 0 Å². The number of nitrogens with one attached hydrogen (secondary N) is 1. The van der Waals surface area contributed by atoms with Gasteiger partial charge in [-0.3, -0.25) is 14.6 Å². The van der Waals surface area contributed by atoms with Crippen molar-refractivity contribution in [1.29, 1.82) is 0 Å². The Labute approximate surface area is 143 Å². The average molecular weight is 342 g/mol. The van der Waals surface area contributed by atoms with Crippen molar-refractivity contribution in [2.24, 2.45) is 4.99 Å². The Hall–Kier alpha value is -3.03. The third kappa shape index (κ3) is 2.10. The van der Waals surface area contributed by atoms with Gasteiger partial charge in [0, 0.05) is 12.6 Å². The summed E-state index contributed by atoms with van der Waals surface area (Å²) in [4.78, 5) is 35.6. The van der Waals surface area contributed by atoms with Gasteiger partial charge in [0.25, 0.3) is 5.91 Å². The van der Waals surface area contributed by atoms with Crippen molar-refractivity contribution >= 4 is 23.7 Å². The molecule has 1 N–H and O–H groups in total. The first kappa shape index (κ1) is 15.5. The number of halogens is 1. The van der Waals surface area contributed by atoms with E-state index in [1.807, 2.05) is 13.8 Å². The van der Waals surface area contributed by atoms with Crippen molar-refractivity contribution < 1.29 is 18.5 Å². The number of carbonyl (C=O) groups excluding carboxylic acids is 2. The molecule has 25 heavy (non-hydrogen) atoms. The quantitative estimate of drug-likeness (QED) is 0.845. The van der Waals surface area contributed by atoms with Gasteiger partial charge in [0.2, 0.25) is 11.9 Å². The molecule has 2 aliphatic rings. The first-order valence-corrected chi connectivity index (χ1v) is 7.92. The number of aromatic amines is 1. The summed E-state index contributed by atoms with van der Waals surface area (Å²) in [6, 6.07) is 4.90. The van der Waals surface area contributed by atoms with Gasteiger partial charge in [-0.1, -0.05) is 23.2 Å². The second kappa shape index (κ2) is 5.23. The number of fused-ring (bicyclic) bond motifs is 3. The third-order valence-electron chi connectivity index (χ3n) is 4.80. The van der Waals surface area contributed by atoms with Gasteiger partial charge in [-0.2, -0.15) is 0 Å². The number of urea groups is 1. The monoisotopic (exact) mass is 342 g/mol. The molecule has 128 valence electrons. The highest BCUT2D eigenvalue weighted by atomic mass is 19.1. The van der Waals surface area contributed by atoms with E-state index in [4.69, 9.17) is 0 Å². The molecule has 1 fully saturated rings. The number of imide groups is 1. The summed E-state index contributed by atoms with van der Waals surface area (Å²) >= 11 is 0. The molecule has 2 aliphatic heterocycles. The van der Waals surface area contributed by atoms with Crippen LogP contribution in [0.15, 0.2) is 29.3 Å². The molecule has 0 aliphatic carbocycles. The summed E-state index contributed by atoms with van der Waals surface area (Å²) < 4.78 is 15.8. The Morgan fingerprint density at radius 2 is 2.00 bits per heavy atom. The predicted octanol–water partition coefficient (Wildman–Crippen LogP) is 1.74. The van der Waals surface area contributed by atoms with E-state index in [0.717, 1.165) is 16.3 Å². The van der Waals surface area contributed by atoms with Gasteiger partial charge in [-0.15, -0.1) is 0 Å². The van der Waals surface area contributed by atoms with Crippen LogP contribution in [-0.2, 0) is 11.3 Å². The Bertz CT molecular complexity index is 949. The molecule has 7 nitrogen and oxygen atoms in total. The second-order valence-electron chi connectivity index (χ2n) is 6.26. The van der Waals surface area contributed by atoms with Crippen molar-refractivity contribution in [3.05, 3.63) is 47.0 Å². The maximum atomic E-state index is 14.0. The van der Waals surface area contributed by atoms with Gasteiger partial charge >= 0.3 is 12.0 Å². The van der Waals surface area contributed by atoms with Crippen LogP contribution in [-0.4, -0.2) is 39.6 Å². The summed E-state index contributed by atoms with van der Waals surface area (Å²) in [5.41, 5.74) is 2.08. The van der Waals surface area contributed by atoms with E-state index in [9.17, 15) is 14.0 Å². The summed E-state index contributed by atoms with van der Waals surface area (Å²) in [6.07, 6.45) is 0. The van der Waals surface area contributed by atoms with Crippen LogP contribution >= 0.6 is 0 Å². The Morgan fingerprint density at radius 3 is 2.72 bits per heavy atom. The third-order valence-corrected chi connectivity index (χ3v) is 4.80. The number of hydrogen-bond donors (Lipinski definition) is 1. The molecule has 2 aromatic rings. The first-order valence-electron chi connectivity index (χ1n) is 7.92. The van der Waals surface area contributed by atoms with Gasteiger partial charge in [0.05, 0.1) is 6.54 Å². The lowest BCUT2D eigenvalue weighted by molar-refractivity contribution is -0.682. The van der Waals surface area contributed by atoms with E-state index >= 15 is 0 Å². The van der Waals surface area contributed by atoms with Crippen LogP contribution in [0.25, 0.3) is 0 Å². The number of benzene rings is 1. The summed E-state index contributed by atoms with van der Waals surface area (Å²) in [7, 11) is 1.57. The number of carbonyl (C=O) groups is 2. The summed E-state index contributed by atoms with van der Waals surface area (Å²) in [5.74, 6) is 0.0690. The van der Waals surface area contributed by atoms with E-state index in [1.54, 1.807) is 29.8 Å². The molecule has 0 spiro atoms. The highest BCUT2D eigenvalue weighted by Gasteiger charge is 2.53. The minimum absolute atomic E-state index is 0.114. The topological polar surface area (TPSA) is 72.7 Å². The van der Waals surface area contributed by atoms with Gasteiger partial charge in [-0.05, 0) is 19.9 Å². The molecule has 3 amide bonds. The maximum absolute atomic E-state index is 14.0. The van der Waals surface area contributed by atoms with Gasteiger partial charge in [-0.25, -0.2) is 18.7 Å². The smallest absolute Gasteiger partial charge is 0.270 e. The van der Waals surface area contributed by atoms with Crippen LogP contribution in [0.4, 0.5) is 15.1 Å². The zero-order valence-electron chi connectivity index (χ0n) is 14.1. The van der Waals surface area contributed by atoms with Crippen molar-refractivity contribution in [3.8, 4) is 0 Å². The van der Waals surface area contributed by atoms with Crippen molar-refractivity contribution in [1.82, 2.24) is 14.8 Å². The molecule has 0 bridgehead atoms. The summed E-state index contributed by atoms with van der Waals surface area (Å²) in [6.45, 7) is 3.67. The lowest BCUT2D eigenvalue weighted by Gasteiger charge is -2.33. The van der Waals surface area contributed by atoms with Crippen LogP contribution in [0.5, 0.6) is 0 Å². The average Bonchev–Trinajstić information content (AvgIpc) is 3.08. The van der Waals surface area contributed by atoms with E-state index in [2.05, 4.69) is 9.98 Å². The minimum Gasteiger partial charge on any atom is -0.270 e. The number of aryl methyl sites for hydroxylation is 1. The summed E-state index contributed by atoms with van der Waals surface area (Å²) in [5, 5.41) is 0. The number of aromatic nitrogens is 2. The molecule has 0 radical (unpaired) electrons. The van der Waals surface area contributed by atoms with Gasteiger partial charge in [0.1, 0.15) is 17.2 Å². The predicted molar refractivity (Wildman–Crippen MR) is 86.7 cm³/mol. The van der Waals surface area contributed by atoms with E-state index in [-0.39, 0.29) is 6.54 Å². The van der Waals surface area contributed by atoms with E-state index in [1.165, 1.54) is 11.0 Å². The zero-order chi connectivity index (χ0) is 17.9. The molecule has 8 heteroatoms. The van der Waals surface area contributed by atoms with Crippen molar-refractivity contribution in [2.75, 3.05) is 7.05 Å². The number of imidazole rings is 1. The number of aliphatic imine (C=N–C) groups is 1. The Balaban J connectivity index is 1.76. The molecule has 4 rings (SSSR count). The molecular weight excluding hydrogens is 325 g/mol. The molecule has 1 atom stereocenters. The number of rotatable bonds is 2. The van der Waals surface area contributed by atoms with Crippen molar-refractivity contribution in [2.45, 2.75) is 26.4 Å². The number of amidine groups is 1. The van der Waals surface area contributed by atoms with E-state index in [0.29, 0.717) is 17.3 Å². The lowest BCUT2D eigenvalue weighted by Crippen LogP contribution is -2.63. The minimum atomic E-state index is -0.713. The van der Waals surface area contributed by atoms with E-state index < -0.39 is 23.8 Å². The number of hydrogen-bond acceptors (Lipinski definition) is 3. The van der Waals surface area contributed by atoms with Gasteiger partial charge < -0.3 is 0 Å². The van der Waals surface area contributed by atoms with Crippen molar-refractivity contribution in [3.63, 3.8) is 0 Å². The standard InChI is InChI=1S/C17H16FN5O2/c1-9-10(2)23-13-14(20-16(23)19-9)21(3)17(25)22(15(13)24)8-11-6-4-5-7-12(11)18/h4-7,13H,8H2,1-3H3/p+1. The van der Waals surface area contributed by atoms with Crippen LogP contribution in [0, 0.1) is 19.7 Å². The zero-order valence-corrected chi connectivity index (χ0v) is 14.1.